The monoisotopic (exact) mass is 286 g/mol. The lowest BCUT2D eigenvalue weighted by Gasteiger charge is -2.10. The van der Waals surface area contributed by atoms with Gasteiger partial charge in [0.05, 0.1) is 24.0 Å². The van der Waals surface area contributed by atoms with Gasteiger partial charge in [0.25, 0.3) is 0 Å². The zero-order valence-electron chi connectivity index (χ0n) is 12.1. The number of methoxy groups -OCH3 is 1. The van der Waals surface area contributed by atoms with Gasteiger partial charge in [0.15, 0.2) is 0 Å². The third-order valence-corrected chi connectivity index (χ3v) is 3.11. The number of benzene rings is 2. The molecule has 0 saturated carbocycles. The Labute approximate surface area is 123 Å². The van der Waals surface area contributed by atoms with Gasteiger partial charge in [-0.1, -0.05) is 12.1 Å². The molecular formula is C16H18N2O3. The minimum absolute atomic E-state index is 0.163. The molecule has 0 radical (unpaired) electrons. The van der Waals surface area contributed by atoms with Crippen molar-refractivity contribution in [3.8, 4) is 5.75 Å². The second kappa shape index (κ2) is 6.17. The number of ether oxygens (including phenoxy) is 2. The number of carbonyl (C=O) groups excluding carboxylic acids is 1. The molecule has 0 saturated heterocycles. The van der Waals surface area contributed by atoms with Crippen molar-refractivity contribution >= 4 is 17.3 Å². The van der Waals surface area contributed by atoms with Crippen molar-refractivity contribution in [1.82, 2.24) is 0 Å². The lowest BCUT2D eigenvalue weighted by Crippen LogP contribution is -2.10. The zero-order valence-corrected chi connectivity index (χ0v) is 12.1. The highest BCUT2D eigenvalue weighted by atomic mass is 16.5. The van der Waals surface area contributed by atoms with Crippen LogP contribution in [0.4, 0.5) is 11.4 Å². The molecule has 5 heteroatoms. The van der Waals surface area contributed by atoms with E-state index in [-0.39, 0.29) is 12.3 Å². The molecular weight excluding hydrogens is 268 g/mol. The van der Waals surface area contributed by atoms with Crippen molar-refractivity contribution in [3.63, 3.8) is 0 Å². The largest absolute Gasteiger partial charge is 0.497 e. The Morgan fingerprint density at radius 3 is 2.43 bits per heavy atom. The SMILES string of the molecule is COc1ccc(COC(=O)c2cc(C)cc(N)c2N)cc1. The molecule has 0 aliphatic rings. The van der Waals surface area contributed by atoms with Crippen molar-refractivity contribution in [1.29, 1.82) is 0 Å². The third-order valence-electron chi connectivity index (χ3n) is 3.11. The molecule has 4 N–H and O–H groups in total. The van der Waals surface area contributed by atoms with Crippen LogP contribution in [-0.2, 0) is 11.3 Å². The predicted molar refractivity (Wildman–Crippen MR) is 82.1 cm³/mol. The molecule has 2 aromatic rings. The molecule has 0 bridgehead atoms. The maximum Gasteiger partial charge on any atom is 0.340 e. The summed E-state index contributed by atoms with van der Waals surface area (Å²) >= 11 is 0. The lowest BCUT2D eigenvalue weighted by molar-refractivity contribution is 0.0474. The minimum Gasteiger partial charge on any atom is -0.497 e. The first kappa shape index (κ1) is 14.7. The number of aryl methyl sites for hydroxylation is 1. The topological polar surface area (TPSA) is 87.6 Å². The molecule has 0 aliphatic heterocycles. The van der Waals surface area contributed by atoms with Crippen LogP contribution in [0, 0.1) is 6.92 Å². The Balaban J connectivity index is 2.08. The fourth-order valence-electron chi connectivity index (χ4n) is 1.94. The van der Waals surface area contributed by atoms with Gasteiger partial charge in [-0.15, -0.1) is 0 Å². The molecule has 2 rings (SSSR count). The maximum absolute atomic E-state index is 12.1. The van der Waals surface area contributed by atoms with Gasteiger partial charge in [0.2, 0.25) is 0 Å². The first-order valence-electron chi connectivity index (χ1n) is 6.47. The Morgan fingerprint density at radius 2 is 1.81 bits per heavy atom. The van der Waals surface area contributed by atoms with Crippen LogP contribution in [0.15, 0.2) is 36.4 Å². The number of rotatable bonds is 4. The van der Waals surface area contributed by atoms with Gasteiger partial charge >= 0.3 is 5.97 Å². The molecule has 0 fully saturated rings. The van der Waals surface area contributed by atoms with E-state index in [2.05, 4.69) is 0 Å². The van der Waals surface area contributed by atoms with Crippen molar-refractivity contribution in [2.75, 3.05) is 18.6 Å². The summed E-state index contributed by atoms with van der Waals surface area (Å²) in [5.41, 5.74) is 14.2. The smallest absolute Gasteiger partial charge is 0.340 e. The Hall–Kier alpha value is -2.69. The van der Waals surface area contributed by atoms with Crippen molar-refractivity contribution in [2.45, 2.75) is 13.5 Å². The summed E-state index contributed by atoms with van der Waals surface area (Å²) in [5, 5.41) is 0. The van der Waals surface area contributed by atoms with Crippen LogP contribution >= 0.6 is 0 Å². The molecule has 110 valence electrons. The highest BCUT2D eigenvalue weighted by Crippen LogP contribution is 2.23. The van der Waals surface area contributed by atoms with E-state index in [9.17, 15) is 4.79 Å². The number of esters is 1. The molecule has 0 unspecified atom stereocenters. The highest BCUT2D eigenvalue weighted by molar-refractivity contribution is 5.98. The van der Waals surface area contributed by atoms with Crippen molar-refractivity contribution < 1.29 is 14.3 Å². The van der Waals surface area contributed by atoms with Gasteiger partial charge in [-0.2, -0.15) is 0 Å². The standard InChI is InChI=1S/C16H18N2O3/c1-10-7-13(15(18)14(17)8-10)16(19)21-9-11-3-5-12(20-2)6-4-11/h3-8H,9,17-18H2,1-2H3. The average molecular weight is 286 g/mol. The summed E-state index contributed by atoms with van der Waals surface area (Å²) < 4.78 is 10.3. The summed E-state index contributed by atoms with van der Waals surface area (Å²) in [6.45, 7) is 2.01. The fourth-order valence-corrected chi connectivity index (χ4v) is 1.94. The van der Waals surface area contributed by atoms with E-state index in [4.69, 9.17) is 20.9 Å². The third kappa shape index (κ3) is 3.45. The van der Waals surface area contributed by atoms with Crippen LogP contribution in [-0.4, -0.2) is 13.1 Å². The zero-order chi connectivity index (χ0) is 15.4. The second-order valence-corrected chi connectivity index (χ2v) is 4.74. The molecule has 21 heavy (non-hydrogen) atoms. The molecule has 2 aromatic carbocycles. The number of anilines is 2. The Morgan fingerprint density at radius 1 is 1.14 bits per heavy atom. The van der Waals surface area contributed by atoms with E-state index in [1.54, 1.807) is 19.2 Å². The maximum atomic E-state index is 12.1. The van der Waals surface area contributed by atoms with Crippen LogP contribution in [0.5, 0.6) is 5.75 Å². The predicted octanol–water partition coefficient (Wildman–Crippen LogP) is 2.53. The van der Waals surface area contributed by atoms with Crippen LogP contribution in [0.1, 0.15) is 21.5 Å². The van der Waals surface area contributed by atoms with Crippen molar-refractivity contribution in [3.05, 3.63) is 53.1 Å². The van der Waals surface area contributed by atoms with Crippen LogP contribution in [0.3, 0.4) is 0 Å². The van der Waals surface area contributed by atoms with Gasteiger partial charge in [-0.05, 0) is 42.3 Å². The summed E-state index contributed by atoms with van der Waals surface area (Å²) in [7, 11) is 1.60. The Kier molecular flexibility index (Phi) is 4.33. The summed E-state index contributed by atoms with van der Waals surface area (Å²) in [4.78, 5) is 12.1. The van der Waals surface area contributed by atoms with Crippen molar-refractivity contribution in [2.24, 2.45) is 0 Å². The molecule has 0 aliphatic carbocycles. The average Bonchev–Trinajstić information content (AvgIpc) is 2.49. The Bertz CT molecular complexity index is 651. The number of nitrogen functional groups attached to an aromatic ring is 2. The summed E-state index contributed by atoms with van der Waals surface area (Å²) in [5.74, 6) is 0.263. The normalized spacial score (nSPS) is 10.2. The van der Waals surface area contributed by atoms with E-state index in [1.165, 1.54) is 0 Å². The van der Waals surface area contributed by atoms with E-state index in [0.29, 0.717) is 11.3 Å². The molecule has 0 aromatic heterocycles. The van der Waals surface area contributed by atoms with Gasteiger partial charge in [-0.3, -0.25) is 0 Å². The van der Waals surface area contributed by atoms with E-state index < -0.39 is 5.97 Å². The number of hydrogen-bond donors (Lipinski definition) is 2. The van der Waals surface area contributed by atoms with Gasteiger partial charge < -0.3 is 20.9 Å². The van der Waals surface area contributed by atoms with Crippen LogP contribution in [0.25, 0.3) is 0 Å². The van der Waals surface area contributed by atoms with E-state index in [1.807, 2.05) is 31.2 Å². The molecule has 0 spiro atoms. The van der Waals surface area contributed by atoms with Gasteiger partial charge in [0, 0.05) is 0 Å². The summed E-state index contributed by atoms with van der Waals surface area (Å²) in [6.07, 6.45) is 0. The molecule has 0 atom stereocenters. The van der Waals surface area contributed by atoms with E-state index >= 15 is 0 Å². The van der Waals surface area contributed by atoms with Crippen LogP contribution in [0.2, 0.25) is 0 Å². The van der Waals surface area contributed by atoms with Crippen LogP contribution < -0.4 is 16.2 Å². The molecule has 5 nitrogen and oxygen atoms in total. The number of carbonyl (C=O) groups is 1. The lowest BCUT2D eigenvalue weighted by atomic mass is 10.1. The minimum atomic E-state index is -0.487. The molecule has 0 heterocycles. The summed E-state index contributed by atoms with van der Waals surface area (Å²) in [6, 6.07) is 10.7. The van der Waals surface area contributed by atoms with E-state index in [0.717, 1.165) is 16.9 Å². The second-order valence-electron chi connectivity index (χ2n) is 4.74. The number of hydrogen-bond acceptors (Lipinski definition) is 5. The highest BCUT2D eigenvalue weighted by Gasteiger charge is 2.14. The number of nitrogens with two attached hydrogens (primary N) is 2. The van der Waals surface area contributed by atoms with Gasteiger partial charge in [0.1, 0.15) is 12.4 Å². The fraction of sp³-hybridized carbons (Fsp3) is 0.188. The van der Waals surface area contributed by atoms with Gasteiger partial charge in [-0.25, -0.2) is 4.79 Å². The quantitative estimate of drug-likeness (QED) is 0.666. The first-order chi connectivity index (χ1) is 10.0. The first-order valence-corrected chi connectivity index (χ1v) is 6.47. The molecule has 0 amide bonds.